The summed E-state index contributed by atoms with van der Waals surface area (Å²) < 4.78 is 2.16. The third-order valence-electron chi connectivity index (χ3n) is 4.91. The lowest BCUT2D eigenvalue weighted by molar-refractivity contribution is -0.121. The van der Waals surface area contributed by atoms with E-state index in [1.165, 1.54) is 0 Å². The minimum atomic E-state index is -0.0420. The summed E-state index contributed by atoms with van der Waals surface area (Å²) in [6.07, 6.45) is 3.38. The molecule has 1 aliphatic heterocycles. The van der Waals surface area contributed by atoms with E-state index in [9.17, 15) is 9.59 Å². The highest BCUT2D eigenvalue weighted by atomic mass is 16.2. The van der Waals surface area contributed by atoms with Crippen LogP contribution in [0.15, 0.2) is 6.07 Å². The Morgan fingerprint density at radius 1 is 1.33 bits per heavy atom. The Balaban J connectivity index is 2.12. The highest BCUT2D eigenvalue weighted by molar-refractivity contribution is 5.96. The molecule has 0 saturated carbocycles. The maximum Gasteiger partial charge on any atom is 0.255 e. The molecule has 0 aromatic carbocycles. The number of rotatable bonds is 6. The van der Waals surface area contributed by atoms with Crippen LogP contribution in [0.2, 0.25) is 0 Å². The quantitative estimate of drug-likeness (QED) is 0.829. The number of nitrogens with one attached hydrogen (secondary N) is 1. The Hall–Kier alpha value is -1.82. The first-order chi connectivity index (χ1) is 11.5. The van der Waals surface area contributed by atoms with Crippen LogP contribution >= 0.6 is 0 Å². The number of hydrogen-bond donors (Lipinski definition) is 2. The van der Waals surface area contributed by atoms with Gasteiger partial charge in [-0.25, -0.2) is 0 Å². The van der Waals surface area contributed by atoms with Gasteiger partial charge in [0.1, 0.15) is 0 Å². The Bertz CT molecular complexity index is 594. The molecule has 0 radical (unpaired) electrons. The van der Waals surface area contributed by atoms with Gasteiger partial charge in [0.25, 0.3) is 5.91 Å². The van der Waals surface area contributed by atoms with E-state index >= 15 is 0 Å². The van der Waals surface area contributed by atoms with Gasteiger partial charge in [-0.2, -0.15) is 0 Å². The highest BCUT2D eigenvalue weighted by Crippen LogP contribution is 2.23. The van der Waals surface area contributed by atoms with E-state index in [2.05, 4.69) is 16.8 Å². The summed E-state index contributed by atoms with van der Waals surface area (Å²) in [7, 11) is 0. The van der Waals surface area contributed by atoms with Crippen molar-refractivity contribution in [2.24, 2.45) is 5.73 Å². The number of nitrogens with zero attached hydrogens (tertiary/aromatic N) is 2. The van der Waals surface area contributed by atoms with Crippen LogP contribution in [0.5, 0.6) is 0 Å². The van der Waals surface area contributed by atoms with E-state index in [1.54, 1.807) is 0 Å². The molecule has 2 amide bonds. The predicted molar refractivity (Wildman–Crippen MR) is 94.9 cm³/mol. The lowest BCUT2D eigenvalue weighted by atomic mass is 10.0. The summed E-state index contributed by atoms with van der Waals surface area (Å²) in [6.45, 7) is 8.61. The van der Waals surface area contributed by atoms with Crippen LogP contribution in [0.3, 0.4) is 0 Å². The molecule has 0 spiro atoms. The number of nitrogens with two attached hydrogens (primary N) is 1. The van der Waals surface area contributed by atoms with Crippen LogP contribution < -0.4 is 11.1 Å². The summed E-state index contributed by atoms with van der Waals surface area (Å²) >= 11 is 0. The minimum absolute atomic E-state index is 0.0420. The summed E-state index contributed by atoms with van der Waals surface area (Å²) in [5.74, 6) is 0.0419. The van der Waals surface area contributed by atoms with Gasteiger partial charge in [0.2, 0.25) is 5.91 Å². The van der Waals surface area contributed by atoms with Gasteiger partial charge in [-0.05, 0) is 46.1 Å². The first kappa shape index (κ1) is 18.5. The molecule has 1 aromatic rings. The molecule has 24 heavy (non-hydrogen) atoms. The summed E-state index contributed by atoms with van der Waals surface area (Å²) in [6, 6.07) is 2.05. The second kappa shape index (κ2) is 8.33. The number of aromatic nitrogens is 1. The fraction of sp³-hybridized carbons (Fsp3) is 0.667. The van der Waals surface area contributed by atoms with Crippen LogP contribution in [0, 0.1) is 13.8 Å². The zero-order valence-electron chi connectivity index (χ0n) is 15.1. The van der Waals surface area contributed by atoms with Gasteiger partial charge in [-0.1, -0.05) is 0 Å². The predicted octanol–water partition coefficient (Wildman–Crippen LogP) is 1.58. The lowest BCUT2D eigenvalue weighted by Gasteiger charge is -2.36. The molecule has 2 heterocycles. The zero-order valence-corrected chi connectivity index (χ0v) is 15.1. The molecule has 6 nitrogen and oxygen atoms in total. The van der Waals surface area contributed by atoms with Crippen molar-refractivity contribution in [1.29, 1.82) is 0 Å². The van der Waals surface area contributed by atoms with E-state index in [-0.39, 0.29) is 17.9 Å². The number of carbonyl (C=O) groups is 2. The van der Waals surface area contributed by atoms with Gasteiger partial charge >= 0.3 is 0 Å². The number of hydrogen-bond acceptors (Lipinski definition) is 3. The topological polar surface area (TPSA) is 80.4 Å². The van der Waals surface area contributed by atoms with E-state index in [4.69, 9.17) is 5.73 Å². The third kappa shape index (κ3) is 3.98. The van der Waals surface area contributed by atoms with Crippen molar-refractivity contribution >= 4 is 11.8 Å². The molecule has 2 rings (SSSR count). The number of carbonyl (C=O) groups excluding carboxylic acids is 2. The van der Waals surface area contributed by atoms with Crippen molar-refractivity contribution in [1.82, 2.24) is 14.8 Å². The van der Waals surface area contributed by atoms with Crippen molar-refractivity contribution in [3.05, 3.63) is 23.0 Å². The molecule has 1 atom stereocenters. The molecule has 0 aliphatic carbocycles. The van der Waals surface area contributed by atoms with Crippen LogP contribution in [0.25, 0.3) is 0 Å². The van der Waals surface area contributed by atoms with Gasteiger partial charge in [0.15, 0.2) is 0 Å². The lowest BCUT2D eigenvalue weighted by Crippen LogP contribution is -2.49. The van der Waals surface area contributed by atoms with Crippen LogP contribution in [-0.2, 0) is 11.3 Å². The number of aryl methyl sites for hydroxylation is 1. The molecular formula is C18H30N4O2. The van der Waals surface area contributed by atoms with Crippen LogP contribution in [-0.4, -0.2) is 47.0 Å². The van der Waals surface area contributed by atoms with E-state index in [1.807, 2.05) is 24.8 Å². The third-order valence-corrected chi connectivity index (χ3v) is 4.91. The molecule has 1 fully saturated rings. The molecule has 1 aliphatic rings. The van der Waals surface area contributed by atoms with Crippen molar-refractivity contribution in [2.45, 2.75) is 59.0 Å². The highest BCUT2D eigenvalue weighted by Gasteiger charge is 2.29. The molecule has 3 N–H and O–H groups in total. The molecule has 6 heteroatoms. The zero-order chi connectivity index (χ0) is 17.7. The maximum absolute atomic E-state index is 13.1. The Labute approximate surface area is 144 Å². The molecule has 1 aromatic heterocycles. The second-order valence-corrected chi connectivity index (χ2v) is 6.52. The summed E-state index contributed by atoms with van der Waals surface area (Å²) in [5.41, 5.74) is 8.33. The number of amides is 2. The Morgan fingerprint density at radius 3 is 2.71 bits per heavy atom. The normalized spacial score (nSPS) is 17.8. The average Bonchev–Trinajstić information content (AvgIpc) is 2.86. The van der Waals surface area contributed by atoms with E-state index in [0.717, 1.165) is 49.3 Å². The fourth-order valence-corrected chi connectivity index (χ4v) is 3.59. The van der Waals surface area contributed by atoms with Crippen LogP contribution in [0.1, 0.15) is 54.4 Å². The first-order valence-corrected chi connectivity index (χ1v) is 8.94. The SMILES string of the molecule is CCn1c(C)cc(C(=O)N2CCCCC2CNC(=O)CCN)c1C. The van der Waals surface area contributed by atoms with Crippen molar-refractivity contribution in [3.63, 3.8) is 0 Å². The molecule has 1 unspecified atom stereocenters. The Kier molecular flexibility index (Phi) is 6.43. The van der Waals surface area contributed by atoms with Gasteiger partial charge < -0.3 is 20.5 Å². The average molecular weight is 334 g/mol. The monoisotopic (exact) mass is 334 g/mol. The van der Waals surface area contributed by atoms with Crippen LogP contribution in [0.4, 0.5) is 0 Å². The summed E-state index contributed by atoms with van der Waals surface area (Å²) in [5, 5.41) is 2.91. The van der Waals surface area contributed by atoms with Gasteiger partial charge in [-0.15, -0.1) is 0 Å². The van der Waals surface area contributed by atoms with Crippen molar-refractivity contribution in [3.8, 4) is 0 Å². The molecular weight excluding hydrogens is 304 g/mol. The second-order valence-electron chi connectivity index (χ2n) is 6.52. The standard InChI is InChI=1S/C18H30N4O2/c1-4-21-13(2)11-16(14(21)3)18(24)22-10-6-5-7-15(22)12-20-17(23)8-9-19/h11,15H,4-10,12,19H2,1-3H3,(H,20,23). The van der Waals surface area contributed by atoms with E-state index in [0.29, 0.717) is 19.5 Å². The number of piperidine rings is 1. The fourth-order valence-electron chi connectivity index (χ4n) is 3.59. The van der Waals surface area contributed by atoms with Gasteiger partial charge in [-0.3, -0.25) is 9.59 Å². The van der Waals surface area contributed by atoms with Gasteiger partial charge in [0.05, 0.1) is 5.56 Å². The Morgan fingerprint density at radius 2 is 2.08 bits per heavy atom. The smallest absolute Gasteiger partial charge is 0.255 e. The van der Waals surface area contributed by atoms with E-state index < -0.39 is 0 Å². The first-order valence-electron chi connectivity index (χ1n) is 8.94. The molecule has 134 valence electrons. The molecule has 0 bridgehead atoms. The molecule has 1 saturated heterocycles. The number of likely N-dealkylation sites (tertiary alicyclic amines) is 1. The summed E-state index contributed by atoms with van der Waals surface area (Å²) in [4.78, 5) is 26.7. The largest absolute Gasteiger partial charge is 0.354 e. The van der Waals surface area contributed by atoms with Gasteiger partial charge in [0, 0.05) is 50.0 Å². The van der Waals surface area contributed by atoms with Crippen molar-refractivity contribution < 1.29 is 9.59 Å². The maximum atomic E-state index is 13.1. The minimum Gasteiger partial charge on any atom is -0.354 e. The van der Waals surface area contributed by atoms with Crippen molar-refractivity contribution in [2.75, 3.05) is 19.6 Å².